The fourth-order valence-electron chi connectivity index (χ4n) is 3.23. The molecule has 1 amide bonds. The molecule has 30 heavy (non-hydrogen) atoms. The van der Waals surface area contributed by atoms with Crippen molar-refractivity contribution < 1.29 is 9.21 Å². The zero-order valence-corrected chi connectivity index (χ0v) is 17.9. The summed E-state index contributed by atoms with van der Waals surface area (Å²) in [6.07, 6.45) is 1.60. The monoisotopic (exact) mass is 418 g/mol. The number of aromatic nitrogens is 3. The first-order valence-electron chi connectivity index (χ1n) is 9.57. The van der Waals surface area contributed by atoms with Crippen molar-refractivity contribution in [1.29, 1.82) is 0 Å². The summed E-state index contributed by atoms with van der Waals surface area (Å²) < 4.78 is 7.44. The Kier molecular flexibility index (Phi) is 5.72. The molecule has 152 valence electrons. The summed E-state index contributed by atoms with van der Waals surface area (Å²) in [6, 6.07) is 17.7. The molecule has 0 unspecified atom stereocenters. The second-order valence-electron chi connectivity index (χ2n) is 7.17. The minimum Gasteiger partial charge on any atom is -0.461 e. The van der Waals surface area contributed by atoms with Gasteiger partial charge >= 0.3 is 0 Å². The van der Waals surface area contributed by atoms with Gasteiger partial charge < -0.3 is 9.73 Å². The topological polar surface area (TPSA) is 73.0 Å². The van der Waals surface area contributed by atoms with Crippen LogP contribution in [0, 0.1) is 20.8 Å². The highest BCUT2D eigenvalue weighted by molar-refractivity contribution is 7.99. The SMILES string of the molecule is Cc1ccc(-n2c(SCC(=O)Nc3cc(C)cc(C)c3)nnc2-c2ccco2)cc1. The summed E-state index contributed by atoms with van der Waals surface area (Å²) >= 11 is 1.34. The molecule has 6 nitrogen and oxygen atoms in total. The quantitative estimate of drug-likeness (QED) is 0.437. The van der Waals surface area contributed by atoms with Gasteiger partial charge in [-0.15, -0.1) is 10.2 Å². The number of aryl methyl sites for hydroxylation is 3. The Hall–Kier alpha value is -3.32. The van der Waals surface area contributed by atoms with Crippen molar-refractivity contribution in [1.82, 2.24) is 14.8 Å². The maximum Gasteiger partial charge on any atom is 0.234 e. The van der Waals surface area contributed by atoms with Crippen LogP contribution in [0.1, 0.15) is 16.7 Å². The van der Waals surface area contributed by atoms with Crippen molar-refractivity contribution in [2.24, 2.45) is 0 Å². The average Bonchev–Trinajstić information content (AvgIpc) is 3.36. The third-order valence-electron chi connectivity index (χ3n) is 4.50. The van der Waals surface area contributed by atoms with Crippen molar-refractivity contribution in [3.63, 3.8) is 0 Å². The van der Waals surface area contributed by atoms with E-state index in [4.69, 9.17) is 4.42 Å². The summed E-state index contributed by atoms with van der Waals surface area (Å²) in [5, 5.41) is 12.2. The van der Waals surface area contributed by atoms with Gasteiger partial charge in [0, 0.05) is 11.4 Å². The van der Waals surface area contributed by atoms with E-state index in [1.807, 2.05) is 73.9 Å². The largest absolute Gasteiger partial charge is 0.461 e. The molecule has 7 heteroatoms. The molecule has 0 radical (unpaired) electrons. The molecule has 0 aliphatic heterocycles. The number of nitrogens with zero attached hydrogens (tertiary/aromatic N) is 3. The van der Waals surface area contributed by atoms with Gasteiger partial charge in [0.15, 0.2) is 10.9 Å². The maximum absolute atomic E-state index is 12.5. The normalized spacial score (nSPS) is 10.9. The lowest BCUT2D eigenvalue weighted by Crippen LogP contribution is -2.14. The summed E-state index contributed by atoms with van der Waals surface area (Å²) in [6.45, 7) is 6.06. The van der Waals surface area contributed by atoms with Crippen LogP contribution in [0.4, 0.5) is 5.69 Å². The molecule has 0 atom stereocenters. The van der Waals surface area contributed by atoms with E-state index in [2.05, 4.69) is 21.6 Å². The molecule has 2 aromatic carbocycles. The third kappa shape index (κ3) is 4.46. The number of carbonyl (C=O) groups excluding carboxylic acids is 1. The van der Waals surface area contributed by atoms with Crippen LogP contribution in [0.2, 0.25) is 0 Å². The molecule has 0 fully saturated rings. The maximum atomic E-state index is 12.5. The fraction of sp³-hybridized carbons (Fsp3) is 0.174. The molecule has 0 spiro atoms. The van der Waals surface area contributed by atoms with Crippen molar-refractivity contribution >= 4 is 23.4 Å². The molecule has 0 bridgehead atoms. The number of furan rings is 1. The number of nitrogens with one attached hydrogen (secondary N) is 1. The lowest BCUT2D eigenvalue weighted by atomic mass is 10.1. The molecule has 4 aromatic rings. The van der Waals surface area contributed by atoms with Gasteiger partial charge in [-0.1, -0.05) is 35.5 Å². The van der Waals surface area contributed by atoms with Crippen molar-refractivity contribution in [3.8, 4) is 17.3 Å². The molecular weight excluding hydrogens is 396 g/mol. The van der Waals surface area contributed by atoms with Crippen molar-refractivity contribution in [2.75, 3.05) is 11.1 Å². The number of amides is 1. The van der Waals surface area contributed by atoms with Crippen LogP contribution in [0.15, 0.2) is 70.4 Å². The average molecular weight is 419 g/mol. The van der Waals surface area contributed by atoms with E-state index in [-0.39, 0.29) is 11.7 Å². The van der Waals surface area contributed by atoms with Gasteiger partial charge in [-0.05, 0) is 68.3 Å². The minimum atomic E-state index is -0.0944. The van der Waals surface area contributed by atoms with E-state index < -0.39 is 0 Å². The molecule has 2 heterocycles. The number of anilines is 1. The van der Waals surface area contributed by atoms with E-state index in [1.165, 1.54) is 11.8 Å². The van der Waals surface area contributed by atoms with E-state index in [0.717, 1.165) is 28.1 Å². The van der Waals surface area contributed by atoms with Gasteiger partial charge in [0.2, 0.25) is 11.7 Å². The van der Waals surface area contributed by atoms with Gasteiger partial charge in [0.25, 0.3) is 0 Å². The predicted molar refractivity (Wildman–Crippen MR) is 119 cm³/mol. The van der Waals surface area contributed by atoms with E-state index >= 15 is 0 Å². The van der Waals surface area contributed by atoms with Crippen LogP contribution in [0.25, 0.3) is 17.3 Å². The number of thioether (sulfide) groups is 1. The molecule has 0 aliphatic carbocycles. The number of hydrogen-bond acceptors (Lipinski definition) is 5. The summed E-state index contributed by atoms with van der Waals surface area (Å²) in [4.78, 5) is 12.5. The Bertz CT molecular complexity index is 1140. The van der Waals surface area contributed by atoms with Gasteiger partial charge in [-0.2, -0.15) is 0 Å². The molecule has 0 saturated carbocycles. The first-order chi connectivity index (χ1) is 14.5. The molecule has 1 N–H and O–H groups in total. The summed E-state index contributed by atoms with van der Waals surface area (Å²) in [5.41, 5.74) is 5.09. The zero-order chi connectivity index (χ0) is 21.1. The molecule has 2 aromatic heterocycles. The second-order valence-corrected chi connectivity index (χ2v) is 8.11. The number of rotatable bonds is 6. The number of carbonyl (C=O) groups is 1. The lowest BCUT2D eigenvalue weighted by molar-refractivity contribution is -0.113. The van der Waals surface area contributed by atoms with E-state index in [1.54, 1.807) is 6.26 Å². The fourth-order valence-corrected chi connectivity index (χ4v) is 3.98. The highest BCUT2D eigenvalue weighted by atomic mass is 32.2. The third-order valence-corrected chi connectivity index (χ3v) is 5.43. The number of benzene rings is 2. The molecule has 0 saturated heterocycles. The van der Waals surface area contributed by atoms with Crippen LogP contribution in [0.5, 0.6) is 0 Å². The van der Waals surface area contributed by atoms with Crippen LogP contribution in [-0.2, 0) is 4.79 Å². The van der Waals surface area contributed by atoms with Gasteiger partial charge in [-0.3, -0.25) is 9.36 Å². The van der Waals surface area contributed by atoms with Gasteiger partial charge in [0.05, 0.1) is 12.0 Å². The molecular formula is C23H22N4O2S. The molecule has 4 rings (SSSR count). The van der Waals surface area contributed by atoms with Crippen molar-refractivity contribution in [2.45, 2.75) is 25.9 Å². The highest BCUT2D eigenvalue weighted by Gasteiger charge is 2.19. The van der Waals surface area contributed by atoms with Crippen LogP contribution >= 0.6 is 11.8 Å². The van der Waals surface area contributed by atoms with Crippen molar-refractivity contribution in [3.05, 3.63) is 77.6 Å². The number of hydrogen-bond donors (Lipinski definition) is 1. The Morgan fingerprint density at radius 3 is 2.40 bits per heavy atom. The Labute approximate surface area is 179 Å². The Morgan fingerprint density at radius 2 is 1.73 bits per heavy atom. The summed E-state index contributed by atoms with van der Waals surface area (Å²) in [5.74, 6) is 1.34. The van der Waals surface area contributed by atoms with Crippen LogP contribution in [0.3, 0.4) is 0 Å². The first kappa shape index (κ1) is 20.0. The highest BCUT2D eigenvalue weighted by Crippen LogP contribution is 2.28. The standard InChI is InChI=1S/C23H22N4O2S/c1-15-6-8-19(9-7-15)27-22(20-5-4-10-29-20)25-26-23(27)30-14-21(28)24-18-12-16(2)11-17(3)13-18/h4-13H,14H2,1-3H3,(H,24,28). The minimum absolute atomic E-state index is 0.0944. The smallest absolute Gasteiger partial charge is 0.234 e. The zero-order valence-electron chi connectivity index (χ0n) is 17.0. The van der Waals surface area contributed by atoms with Gasteiger partial charge in [0.1, 0.15) is 0 Å². The predicted octanol–water partition coefficient (Wildman–Crippen LogP) is 5.18. The van der Waals surface area contributed by atoms with Crippen LogP contribution in [-0.4, -0.2) is 26.4 Å². The Morgan fingerprint density at radius 1 is 1.00 bits per heavy atom. The first-order valence-corrected chi connectivity index (χ1v) is 10.6. The molecule has 0 aliphatic rings. The second kappa shape index (κ2) is 8.59. The summed E-state index contributed by atoms with van der Waals surface area (Å²) in [7, 11) is 0. The van der Waals surface area contributed by atoms with Gasteiger partial charge in [-0.25, -0.2) is 0 Å². The Balaban J connectivity index is 1.56. The van der Waals surface area contributed by atoms with E-state index in [0.29, 0.717) is 16.7 Å². The van der Waals surface area contributed by atoms with Crippen LogP contribution < -0.4 is 5.32 Å². The lowest BCUT2D eigenvalue weighted by Gasteiger charge is -2.10. The van der Waals surface area contributed by atoms with E-state index in [9.17, 15) is 4.79 Å².